The molecular formula is C33H28F4N2O6. The molecule has 0 amide bonds. The van der Waals surface area contributed by atoms with Crippen molar-refractivity contribution in [3.8, 4) is 5.75 Å². The number of alkyl halides is 3. The number of methoxy groups -OCH3 is 3. The lowest BCUT2D eigenvalue weighted by atomic mass is 9.67. The molecule has 234 valence electrons. The molecule has 2 aliphatic rings. The van der Waals surface area contributed by atoms with Gasteiger partial charge in [-0.15, -0.1) is 0 Å². The van der Waals surface area contributed by atoms with Crippen LogP contribution in [0.25, 0.3) is 0 Å². The van der Waals surface area contributed by atoms with Crippen LogP contribution in [-0.2, 0) is 30.0 Å². The van der Waals surface area contributed by atoms with Crippen LogP contribution in [0.3, 0.4) is 0 Å². The van der Waals surface area contributed by atoms with E-state index in [1.54, 1.807) is 24.3 Å². The van der Waals surface area contributed by atoms with Crippen LogP contribution in [0.4, 0.5) is 23.2 Å². The van der Waals surface area contributed by atoms with Gasteiger partial charge in [-0.25, -0.2) is 9.18 Å². The summed E-state index contributed by atoms with van der Waals surface area (Å²) < 4.78 is 70.8. The zero-order chi connectivity index (χ0) is 32.6. The summed E-state index contributed by atoms with van der Waals surface area (Å²) >= 11 is 0. The molecule has 3 aromatic rings. The van der Waals surface area contributed by atoms with Crippen LogP contribution < -0.4 is 15.4 Å². The van der Waals surface area contributed by atoms with Gasteiger partial charge in [0.15, 0.2) is 5.78 Å². The minimum absolute atomic E-state index is 0.0732. The molecule has 0 fully saturated rings. The second-order valence-corrected chi connectivity index (χ2v) is 10.5. The van der Waals surface area contributed by atoms with Crippen molar-refractivity contribution in [2.45, 2.75) is 24.4 Å². The molecule has 0 radical (unpaired) electrons. The first-order valence-corrected chi connectivity index (χ1v) is 13.7. The largest absolute Gasteiger partial charge is 0.497 e. The maximum absolute atomic E-state index is 14.6. The Labute approximate surface area is 255 Å². The first kappa shape index (κ1) is 31.3. The van der Waals surface area contributed by atoms with Gasteiger partial charge in [0.05, 0.1) is 38.4 Å². The average molecular weight is 625 g/mol. The smallest absolute Gasteiger partial charge is 0.416 e. The number of halogens is 4. The molecule has 0 bridgehead atoms. The number of esters is 2. The van der Waals surface area contributed by atoms with E-state index >= 15 is 0 Å². The van der Waals surface area contributed by atoms with Crippen molar-refractivity contribution in [3.63, 3.8) is 0 Å². The Morgan fingerprint density at radius 2 is 1.56 bits per heavy atom. The van der Waals surface area contributed by atoms with E-state index in [4.69, 9.17) is 19.9 Å². The second kappa shape index (κ2) is 12.1. The molecule has 3 atom stereocenters. The number of Topliss-reactive ketones (excluding diaryl/α,β-unsaturated/α-hetero) is 1. The zero-order valence-corrected chi connectivity index (χ0v) is 24.4. The van der Waals surface area contributed by atoms with E-state index in [9.17, 15) is 31.9 Å². The number of ketones is 1. The fraction of sp³-hybridized carbons (Fsp3) is 0.242. The summed E-state index contributed by atoms with van der Waals surface area (Å²) in [6.45, 7) is 0. The molecule has 0 spiro atoms. The van der Waals surface area contributed by atoms with E-state index in [0.717, 1.165) is 38.5 Å². The third-order valence-electron chi connectivity index (χ3n) is 8.08. The topological polar surface area (TPSA) is 108 Å². The van der Waals surface area contributed by atoms with E-state index < -0.39 is 53.0 Å². The number of hydrogen-bond acceptors (Lipinski definition) is 8. The SMILES string of the molecule is COC(=O)C1=C(N)N(c2cccc(C(F)(F)F)c2)C2=C(C(=O)[C@H](C(=O)OC)[C@H](c3ccc(OC)cc3)C2)[C@@H]1c1ccc(F)cc1. The number of carbonyl (C=O) groups is 3. The Morgan fingerprint density at radius 1 is 0.911 bits per heavy atom. The van der Waals surface area contributed by atoms with Crippen LogP contribution in [0.1, 0.15) is 34.9 Å². The third kappa shape index (κ3) is 5.63. The van der Waals surface area contributed by atoms with Gasteiger partial charge in [0, 0.05) is 22.9 Å². The van der Waals surface area contributed by atoms with E-state index in [1.807, 2.05) is 0 Å². The van der Waals surface area contributed by atoms with Crippen molar-refractivity contribution in [2.75, 3.05) is 26.2 Å². The second-order valence-electron chi connectivity index (χ2n) is 10.5. The monoisotopic (exact) mass is 624 g/mol. The predicted octanol–water partition coefficient (Wildman–Crippen LogP) is 5.60. The third-order valence-corrected chi connectivity index (χ3v) is 8.08. The Bertz CT molecular complexity index is 1710. The Kier molecular flexibility index (Phi) is 8.42. The summed E-state index contributed by atoms with van der Waals surface area (Å²) in [4.78, 5) is 42.5. The van der Waals surface area contributed by atoms with Crippen LogP contribution in [0, 0.1) is 11.7 Å². The molecule has 12 heteroatoms. The fourth-order valence-corrected chi connectivity index (χ4v) is 6.00. The van der Waals surface area contributed by atoms with Crippen LogP contribution >= 0.6 is 0 Å². The first-order chi connectivity index (χ1) is 21.4. The summed E-state index contributed by atoms with van der Waals surface area (Å²) in [6, 6.07) is 15.9. The summed E-state index contributed by atoms with van der Waals surface area (Å²) in [7, 11) is 3.70. The summed E-state index contributed by atoms with van der Waals surface area (Å²) in [6.07, 6.45) is -4.79. The average Bonchev–Trinajstić information content (AvgIpc) is 3.03. The van der Waals surface area contributed by atoms with E-state index in [-0.39, 0.29) is 40.3 Å². The number of nitrogens with two attached hydrogens (primary N) is 1. The lowest BCUT2D eigenvalue weighted by Gasteiger charge is -2.44. The lowest BCUT2D eigenvalue weighted by Crippen LogP contribution is -2.46. The first-order valence-electron chi connectivity index (χ1n) is 13.7. The number of carbonyl (C=O) groups excluding carboxylic acids is 3. The summed E-state index contributed by atoms with van der Waals surface area (Å²) in [5.74, 6) is -6.39. The Morgan fingerprint density at radius 3 is 2.13 bits per heavy atom. The minimum Gasteiger partial charge on any atom is -0.497 e. The Balaban J connectivity index is 1.83. The van der Waals surface area contributed by atoms with E-state index in [1.165, 1.54) is 36.3 Å². The van der Waals surface area contributed by atoms with Gasteiger partial charge in [-0.05, 0) is 60.0 Å². The van der Waals surface area contributed by atoms with Crippen molar-refractivity contribution in [2.24, 2.45) is 11.7 Å². The molecule has 1 aliphatic heterocycles. The number of allylic oxidation sites excluding steroid dienone is 2. The summed E-state index contributed by atoms with van der Waals surface area (Å²) in [5.41, 5.74) is 6.22. The highest BCUT2D eigenvalue weighted by atomic mass is 19.4. The normalized spacial score (nSPS) is 20.1. The number of benzene rings is 3. The lowest BCUT2D eigenvalue weighted by molar-refractivity contribution is -0.150. The number of anilines is 1. The quantitative estimate of drug-likeness (QED) is 0.215. The standard InChI is InChI=1S/C33H28F4N2O6/c1-43-22-13-9-17(10-14-22)23-16-24-27(29(40)26(23)31(41)44-2)25(18-7-11-20(34)12-8-18)28(32(42)45-3)30(38)39(24)21-6-4-5-19(15-21)33(35,36)37/h4-15,23,25-26H,16,38H2,1-3H3/t23-,25-,26+/m0/s1. The highest BCUT2D eigenvalue weighted by Crippen LogP contribution is 2.52. The predicted molar refractivity (Wildman–Crippen MR) is 154 cm³/mol. The molecule has 5 rings (SSSR count). The molecule has 0 unspecified atom stereocenters. The molecule has 45 heavy (non-hydrogen) atoms. The van der Waals surface area contributed by atoms with Gasteiger partial charge in [-0.1, -0.05) is 30.3 Å². The van der Waals surface area contributed by atoms with Crippen LogP contribution in [0.15, 0.2) is 95.5 Å². The van der Waals surface area contributed by atoms with Crippen LogP contribution in [0.2, 0.25) is 0 Å². The zero-order valence-electron chi connectivity index (χ0n) is 24.4. The van der Waals surface area contributed by atoms with Gasteiger partial charge >= 0.3 is 18.1 Å². The van der Waals surface area contributed by atoms with E-state index in [2.05, 4.69) is 0 Å². The number of hydrogen-bond donors (Lipinski definition) is 1. The van der Waals surface area contributed by atoms with Crippen molar-refractivity contribution in [1.82, 2.24) is 0 Å². The highest BCUT2D eigenvalue weighted by Gasteiger charge is 2.51. The molecule has 1 heterocycles. The molecule has 0 aromatic heterocycles. The van der Waals surface area contributed by atoms with Gasteiger partial charge in [0.2, 0.25) is 0 Å². The molecule has 2 N–H and O–H groups in total. The van der Waals surface area contributed by atoms with Gasteiger partial charge < -0.3 is 19.9 Å². The number of ether oxygens (including phenoxy) is 3. The maximum atomic E-state index is 14.6. The van der Waals surface area contributed by atoms with Crippen LogP contribution in [0.5, 0.6) is 5.75 Å². The molecule has 1 aliphatic carbocycles. The summed E-state index contributed by atoms with van der Waals surface area (Å²) in [5, 5.41) is 0. The molecule has 3 aromatic carbocycles. The van der Waals surface area contributed by atoms with Gasteiger partial charge in [-0.3, -0.25) is 14.5 Å². The van der Waals surface area contributed by atoms with Crippen molar-refractivity contribution < 1.29 is 46.2 Å². The van der Waals surface area contributed by atoms with Gasteiger partial charge in [0.1, 0.15) is 23.3 Å². The van der Waals surface area contributed by atoms with Crippen LogP contribution in [-0.4, -0.2) is 39.1 Å². The molecule has 0 saturated carbocycles. The molecular weight excluding hydrogens is 596 g/mol. The fourth-order valence-electron chi connectivity index (χ4n) is 6.00. The number of rotatable bonds is 6. The Hall–Kier alpha value is -5.13. The van der Waals surface area contributed by atoms with Gasteiger partial charge in [0.25, 0.3) is 0 Å². The maximum Gasteiger partial charge on any atom is 0.416 e. The highest BCUT2D eigenvalue weighted by molar-refractivity contribution is 6.14. The van der Waals surface area contributed by atoms with Crippen molar-refractivity contribution in [1.29, 1.82) is 0 Å². The molecule has 0 saturated heterocycles. The molecule has 8 nitrogen and oxygen atoms in total. The van der Waals surface area contributed by atoms with Crippen molar-refractivity contribution >= 4 is 23.4 Å². The van der Waals surface area contributed by atoms with Crippen molar-refractivity contribution in [3.05, 3.63) is 118 Å². The minimum atomic E-state index is -4.71. The van der Waals surface area contributed by atoms with E-state index in [0.29, 0.717) is 11.3 Å². The number of nitrogens with zero attached hydrogens (tertiary/aromatic N) is 1. The van der Waals surface area contributed by atoms with Gasteiger partial charge in [-0.2, -0.15) is 13.2 Å².